The summed E-state index contributed by atoms with van der Waals surface area (Å²) in [6, 6.07) is 9.93. The molecule has 2 aromatic rings. The number of hydrogen-bond donors (Lipinski definition) is 0. The highest BCUT2D eigenvalue weighted by Crippen LogP contribution is 1.93. The summed E-state index contributed by atoms with van der Waals surface area (Å²) in [7, 11) is 0. The minimum atomic E-state index is 0. The van der Waals surface area contributed by atoms with Gasteiger partial charge in [-0.3, -0.25) is 4.98 Å². The largest absolute Gasteiger partial charge is 1.00 e. The first-order chi connectivity index (χ1) is 5.97. The Hall–Kier alpha value is -1.41. The van der Waals surface area contributed by atoms with Gasteiger partial charge in [-0.2, -0.15) is 4.57 Å². The van der Waals surface area contributed by atoms with Crippen LogP contribution in [0, 0.1) is 0 Å². The molecular weight excluding hydrogens is 184 g/mol. The van der Waals surface area contributed by atoms with Crippen LogP contribution in [0.5, 0.6) is 0 Å². The first-order valence-corrected chi connectivity index (χ1v) is 3.83. The Kier molecular flexibility index (Phi) is 3.41. The second kappa shape index (κ2) is 4.58. The highest BCUT2D eigenvalue weighted by molar-refractivity contribution is 5.15. The van der Waals surface area contributed by atoms with Gasteiger partial charge in [0.15, 0.2) is 12.4 Å². The van der Waals surface area contributed by atoms with Crippen LogP contribution in [0.15, 0.2) is 55.1 Å². The molecule has 13 heavy (non-hydrogen) atoms. The fourth-order valence-corrected chi connectivity index (χ4v) is 1.08. The van der Waals surface area contributed by atoms with Gasteiger partial charge in [-0.15, -0.1) is 0 Å². The van der Waals surface area contributed by atoms with E-state index in [1.807, 2.05) is 53.5 Å². The van der Waals surface area contributed by atoms with Crippen LogP contribution < -0.4 is 17.0 Å². The molecule has 0 spiro atoms. The number of rotatable bonds is 1. The number of hydrogen-bond acceptors (Lipinski definition) is 1. The fourth-order valence-electron chi connectivity index (χ4n) is 1.08. The summed E-state index contributed by atoms with van der Waals surface area (Å²) in [5.74, 6) is 0. The Morgan fingerprint density at radius 2 is 1.77 bits per heavy atom. The van der Waals surface area contributed by atoms with Crippen LogP contribution in [-0.2, 0) is 0 Å². The van der Waals surface area contributed by atoms with Crippen molar-refractivity contribution < 1.29 is 17.0 Å². The van der Waals surface area contributed by atoms with E-state index in [1.54, 1.807) is 6.20 Å². The molecule has 0 bridgehead atoms. The first-order valence-electron chi connectivity index (χ1n) is 3.83. The molecule has 0 amide bonds. The molecule has 3 heteroatoms. The topological polar surface area (TPSA) is 16.8 Å². The molecule has 0 radical (unpaired) electrons. The minimum Gasteiger partial charge on any atom is -1.00 e. The molecule has 0 unspecified atom stereocenters. The minimum absolute atomic E-state index is 0. The van der Waals surface area contributed by atoms with Crippen molar-refractivity contribution in [2.24, 2.45) is 0 Å². The van der Waals surface area contributed by atoms with E-state index in [4.69, 9.17) is 0 Å². The van der Waals surface area contributed by atoms with Crippen LogP contribution in [0.3, 0.4) is 0 Å². The van der Waals surface area contributed by atoms with Gasteiger partial charge in [-0.1, -0.05) is 6.07 Å². The van der Waals surface area contributed by atoms with Crippen molar-refractivity contribution in [3.05, 3.63) is 55.1 Å². The predicted octanol–water partition coefficient (Wildman–Crippen LogP) is -1.64. The molecule has 0 fully saturated rings. The van der Waals surface area contributed by atoms with E-state index in [2.05, 4.69) is 4.98 Å². The number of halogens is 1. The normalized spacial score (nSPS) is 8.92. The third kappa shape index (κ3) is 2.26. The Morgan fingerprint density at radius 3 is 2.38 bits per heavy atom. The molecule has 2 rings (SSSR count). The lowest BCUT2D eigenvalue weighted by Crippen LogP contribution is -3.00. The molecule has 0 N–H and O–H groups in total. The maximum Gasteiger partial charge on any atom is 0.229 e. The molecule has 2 nitrogen and oxygen atoms in total. The summed E-state index contributed by atoms with van der Waals surface area (Å²) < 4.78 is 2.02. The molecule has 66 valence electrons. The second-order valence-corrected chi connectivity index (χ2v) is 2.49. The van der Waals surface area contributed by atoms with Crippen molar-refractivity contribution >= 4 is 0 Å². The molecule has 0 aliphatic heterocycles. The standard InChI is InChI=1S/C10H9N2.ClH/c1-2-7-12(8-3-1)10-5-4-6-11-9-10;/h1-9H;1H/q+1;/p-1. The molecule has 0 aliphatic carbocycles. The van der Waals surface area contributed by atoms with Crippen LogP contribution in [0.25, 0.3) is 5.69 Å². The Balaban J connectivity index is 0.000000845. The zero-order valence-corrected chi connectivity index (χ0v) is 7.72. The lowest BCUT2D eigenvalue weighted by atomic mass is 10.4. The van der Waals surface area contributed by atoms with Crippen LogP contribution in [0.4, 0.5) is 0 Å². The quantitative estimate of drug-likeness (QED) is 0.496. The summed E-state index contributed by atoms with van der Waals surface area (Å²) in [6.45, 7) is 0. The molecule has 2 heterocycles. The van der Waals surface area contributed by atoms with Gasteiger partial charge in [0.25, 0.3) is 0 Å². The number of aromatic nitrogens is 2. The average molecular weight is 193 g/mol. The van der Waals surface area contributed by atoms with E-state index in [0.717, 1.165) is 5.69 Å². The SMILES string of the molecule is [Cl-].c1cc[n+](-c2cccnc2)cc1. The van der Waals surface area contributed by atoms with Crippen molar-refractivity contribution in [1.29, 1.82) is 0 Å². The van der Waals surface area contributed by atoms with Crippen LogP contribution in [0.2, 0.25) is 0 Å². The zero-order valence-electron chi connectivity index (χ0n) is 6.97. The van der Waals surface area contributed by atoms with Crippen molar-refractivity contribution in [2.45, 2.75) is 0 Å². The summed E-state index contributed by atoms with van der Waals surface area (Å²) in [5.41, 5.74) is 1.08. The smallest absolute Gasteiger partial charge is 0.229 e. The molecule has 0 atom stereocenters. The van der Waals surface area contributed by atoms with Gasteiger partial charge in [-0.05, 0) is 6.07 Å². The third-order valence-corrected chi connectivity index (χ3v) is 1.66. The van der Waals surface area contributed by atoms with Crippen molar-refractivity contribution in [2.75, 3.05) is 0 Å². The molecule has 0 saturated carbocycles. The second-order valence-electron chi connectivity index (χ2n) is 2.49. The van der Waals surface area contributed by atoms with Gasteiger partial charge in [0.2, 0.25) is 5.69 Å². The Labute approximate surface area is 83.3 Å². The van der Waals surface area contributed by atoms with E-state index in [9.17, 15) is 0 Å². The third-order valence-electron chi connectivity index (χ3n) is 1.66. The van der Waals surface area contributed by atoms with E-state index in [1.165, 1.54) is 0 Å². The molecule has 0 aliphatic rings. The van der Waals surface area contributed by atoms with E-state index in [0.29, 0.717) is 0 Å². The van der Waals surface area contributed by atoms with Gasteiger partial charge >= 0.3 is 0 Å². The lowest BCUT2D eigenvalue weighted by Gasteiger charge is -1.91. The van der Waals surface area contributed by atoms with Gasteiger partial charge in [0.05, 0.1) is 6.20 Å². The average Bonchev–Trinajstić information content (AvgIpc) is 2.21. The molecule has 0 aromatic carbocycles. The maximum atomic E-state index is 4.04. The van der Waals surface area contributed by atoms with E-state index >= 15 is 0 Å². The molecule has 0 saturated heterocycles. The Morgan fingerprint density at radius 1 is 1.00 bits per heavy atom. The monoisotopic (exact) mass is 192 g/mol. The molecule has 2 aromatic heterocycles. The van der Waals surface area contributed by atoms with Gasteiger partial charge in [-0.25, -0.2) is 0 Å². The Bertz CT molecular complexity index is 310. The van der Waals surface area contributed by atoms with Crippen molar-refractivity contribution in [1.82, 2.24) is 4.98 Å². The predicted molar refractivity (Wildman–Crippen MR) is 45.8 cm³/mol. The van der Waals surface area contributed by atoms with Crippen molar-refractivity contribution in [3.63, 3.8) is 0 Å². The number of nitrogens with zero attached hydrogens (tertiary/aromatic N) is 2. The van der Waals surface area contributed by atoms with Crippen molar-refractivity contribution in [3.8, 4) is 5.69 Å². The van der Waals surface area contributed by atoms with Gasteiger partial charge in [0, 0.05) is 24.4 Å². The number of pyridine rings is 2. The lowest BCUT2D eigenvalue weighted by molar-refractivity contribution is -0.596. The van der Waals surface area contributed by atoms with E-state index in [-0.39, 0.29) is 12.4 Å². The maximum absolute atomic E-state index is 4.04. The molecular formula is C10H9ClN2. The zero-order chi connectivity index (χ0) is 8.23. The summed E-state index contributed by atoms with van der Waals surface area (Å²) in [4.78, 5) is 4.04. The van der Waals surface area contributed by atoms with Gasteiger partial charge in [0.1, 0.15) is 0 Å². The fraction of sp³-hybridized carbons (Fsp3) is 0. The summed E-state index contributed by atoms with van der Waals surface area (Å²) >= 11 is 0. The highest BCUT2D eigenvalue weighted by Gasteiger charge is 2.00. The van der Waals surface area contributed by atoms with E-state index < -0.39 is 0 Å². The van der Waals surface area contributed by atoms with Crippen LogP contribution in [-0.4, -0.2) is 4.98 Å². The summed E-state index contributed by atoms with van der Waals surface area (Å²) in [5, 5.41) is 0. The van der Waals surface area contributed by atoms with Gasteiger partial charge < -0.3 is 12.4 Å². The van der Waals surface area contributed by atoms with Crippen LogP contribution >= 0.6 is 0 Å². The first kappa shape index (κ1) is 9.68. The summed E-state index contributed by atoms with van der Waals surface area (Å²) in [6.07, 6.45) is 7.60. The van der Waals surface area contributed by atoms with Crippen LogP contribution in [0.1, 0.15) is 0 Å². The highest BCUT2D eigenvalue weighted by atomic mass is 35.5.